The standard InChI is InChI=1S/C63H121NO5/c1-4-7-10-13-16-19-22-25-28-30-31-33-35-38-41-44-47-50-53-56-63(68)69-59(54-51-48-45-42-39-36-34-32-29-26-23-20-17-14-11-8-5-2)57-62(67)64-60(58-65)61(66)55-52-49-46-43-40-37-27-24-21-18-15-12-9-6-3/h17,20,26,29,59-61,65-66H,4-16,18-19,21-25,27-28,30-58H2,1-3H3,(H,64,67)/b20-17-,29-26-. The lowest BCUT2D eigenvalue weighted by molar-refractivity contribution is -0.151. The molecule has 0 aromatic carbocycles. The number of aliphatic hydroxyl groups is 2. The number of hydrogen-bond donors (Lipinski definition) is 3. The van der Waals surface area contributed by atoms with Crippen LogP contribution < -0.4 is 5.32 Å². The monoisotopic (exact) mass is 972 g/mol. The summed E-state index contributed by atoms with van der Waals surface area (Å²) in [7, 11) is 0. The number of ether oxygens (including phenoxy) is 1. The number of unbranched alkanes of at least 4 members (excludes halogenated alkanes) is 41. The van der Waals surface area contributed by atoms with E-state index in [1.54, 1.807) is 0 Å². The molecule has 0 saturated carbocycles. The number of esters is 1. The summed E-state index contributed by atoms with van der Waals surface area (Å²) >= 11 is 0. The van der Waals surface area contributed by atoms with Gasteiger partial charge in [-0.05, 0) is 57.8 Å². The van der Waals surface area contributed by atoms with Crippen molar-refractivity contribution >= 4 is 11.9 Å². The van der Waals surface area contributed by atoms with Crippen LogP contribution in [0.3, 0.4) is 0 Å². The Bertz CT molecular complexity index is 1090. The average molecular weight is 973 g/mol. The minimum Gasteiger partial charge on any atom is -0.462 e. The highest BCUT2D eigenvalue weighted by molar-refractivity contribution is 5.77. The number of allylic oxidation sites excluding steroid dienone is 4. The van der Waals surface area contributed by atoms with Crippen LogP contribution in [0.2, 0.25) is 0 Å². The molecule has 0 spiro atoms. The molecule has 0 aliphatic rings. The predicted octanol–water partition coefficient (Wildman–Crippen LogP) is 19.4. The summed E-state index contributed by atoms with van der Waals surface area (Å²) in [5, 5.41) is 23.9. The van der Waals surface area contributed by atoms with Gasteiger partial charge in [0.25, 0.3) is 0 Å². The number of rotatable bonds is 57. The third-order valence-electron chi connectivity index (χ3n) is 14.5. The van der Waals surface area contributed by atoms with Gasteiger partial charge in [-0.2, -0.15) is 0 Å². The first-order valence-electron chi connectivity index (χ1n) is 31.1. The molecule has 3 N–H and O–H groups in total. The molecule has 408 valence electrons. The highest BCUT2D eigenvalue weighted by atomic mass is 16.5. The van der Waals surface area contributed by atoms with Crippen LogP contribution in [0.4, 0.5) is 0 Å². The predicted molar refractivity (Wildman–Crippen MR) is 301 cm³/mol. The lowest BCUT2D eigenvalue weighted by atomic mass is 10.0. The normalized spacial score (nSPS) is 13.2. The molecule has 3 atom stereocenters. The first-order chi connectivity index (χ1) is 34.0. The zero-order valence-electron chi connectivity index (χ0n) is 46.7. The summed E-state index contributed by atoms with van der Waals surface area (Å²) < 4.78 is 5.98. The van der Waals surface area contributed by atoms with E-state index in [4.69, 9.17) is 4.74 Å². The van der Waals surface area contributed by atoms with Crippen molar-refractivity contribution < 1.29 is 24.5 Å². The first kappa shape index (κ1) is 67.3. The van der Waals surface area contributed by atoms with Crippen molar-refractivity contribution in [2.24, 2.45) is 0 Å². The van der Waals surface area contributed by atoms with Crippen LogP contribution in [0.15, 0.2) is 24.3 Å². The van der Waals surface area contributed by atoms with E-state index in [-0.39, 0.29) is 24.9 Å². The second kappa shape index (κ2) is 57.2. The van der Waals surface area contributed by atoms with E-state index in [2.05, 4.69) is 50.4 Å². The summed E-state index contributed by atoms with van der Waals surface area (Å²) in [4.78, 5) is 26.4. The smallest absolute Gasteiger partial charge is 0.306 e. The van der Waals surface area contributed by atoms with Crippen LogP contribution >= 0.6 is 0 Å². The molecule has 0 heterocycles. The maximum Gasteiger partial charge on any atom is 0.306 e. The first-order valence-corrected chi connectivity index (χ1v) is 31.1. The molecule has 0 aliphatic carbocycles. The highest BCUT2D eigenvalue weighted by Crippen LogP contribution is 2.19. The Morgan fingerprint density at radius 1 is 0.420 bits per heavy atom. The van der Waals surface area contributed by atoms with Crippen molar-refractivity contribution in [2.75, 3.05) is 6.61 Å². The molecule has 0 fully saturated rings. The maximum atomic E-state index is 13.3. The van der Waals surface area contributed by atoms with Gasteiger partial charge in [0.15, 0.2) is 0 Å². The van der Waals surface area contributed by atoms with Gasteiger partial charge < -0.3 is 20.3 Å². The van der Waals surface area contributed by atoms with Crippen molar-refractivity contribution in [1.29, 1.82) is 0 Å². The van der Waals surface area contributed by atoms with Crippen LogP contribution in [-0.4, -0.2) is 46.9 Å². The van der Waals surface area contributed by atoms with Crippen molar-refractivity contribution in [1.82, 2.24) is 5.32 Å². The van der Waals surface area contributed by atoms with E-state index < -0.39 is 18.2 Å². The fourth-order valence-electron chi connectivity index (χ4n) is 9.82. The Balaban J connectivity index is 4.51. The van der Waals surface area contributed by atoms with Gasteiger partial charge in [0.1, 0.15) is 6.10 Å². The number of carbonyl (C=O) groups excluding carboxylic acids is 2. The van der Waals surface area contributed by atoms with Gasteiger partial charge in [0.05, 0.1) is 25.2 Å². The van der Waals surface area contributed by atoms with Gasteiger partial charge in [-0.25, -0.2) is 0 Å². The van der Waals surface area contributed by atoms with Gasteiger partial charge >= 0.3 is 5.97 Å². The third-order valence-corrected chi connectivity index (χ3v) is 14.5. The van der Waals surface area contributed by atoms with E-state index in [0.717, 1.165) is 64.2 Å². The second-order valence-electron chi connectivity index (χ2n) is 21.5. The van der Waals surface area contributed by atoms with Gasteiger partial charge in [-0.1, -0.05) is 295 Å². The molecule has 0 aliphatic heterocycles. The largest absolute Gasteiger partial charge is 0.462 e. The van der Waals surface area contributed by atoms with Crippen molar-refractivity contribution in [3.8, 4) is 0 Å². The van der Waals surface area contributed by atoms with Crippen molar-refractivity contribution in [3.05, 3.63) is 24.3 Å². The molecule has 3 unspecified atom stereocenters. The third kappa shape index (κ3) is 52.5. The fraction of sp³-hybridized carbons (Fsp3) is 0.905. The summed E-state index contributed by atoms with van der Waals surface area (Å²) in [5.74, 6) is -0.458. The highest BCUT2D eigenvalue weighted by Gasteiger charge is 2.24. The zero-order chi connectivity index (χ0) is 50.2. The molecule has 0 rings (SSSR count). The quantitative estimate of drug-likeness (QED) is 0.0321. The van der Waals surface area contributed by atoms with Gasteiger partial charge in [0, 0.05) is 6.42 Å². The molecule has 0 saturated heterocycles. The molecule has 0 bridgehead atoms. The van der Waals surface area contributed by atoms with E-state index in [0.29, 0.717) is 19.3 Å². The van der Waals surface area contributed by atoms with Crippen LogP contribution in [0.5, 0.6) is 0 Å². The SMILES string of the molecule is CCCCC/C=C\C/C=C\CCCCCCCCCC(CC(=O)NC(CO)C(O)CCCCCCCCCCCCCCCC)OC(=O)CCCCCCCCCCCCCCCCCCCCC. The minimum absolute atomic E-state index is 0.0785. The van der Waals surface area contributed by atoms with Crippen LogP contribution in [0, 0.1) is 0 Å². The summed E-state index contributed by atoms with van der Waals surface area (Å²) in [6, 6.07) is -0.701. The van der Waals surface area contributed by atoms with Gasteiger partial charge in [-0.3, -0.25) is 9.59 Å². The molecule has 0 radical (unpaired) electrons. The topological polar surface area (TPSA) is 95.9 Å². The van der Waals surface area contributed by atoms with Crippen LogP contribution in [0.1, 0.15) is 342 Å². The number of nitrogens with one attached hydrogen (secondary N) is 1. The molecule has 0 aromatic rings. The van der Waals surface area contributed by atoms with E-state index in [1.165, 1.54) is 231 Å². The molecule has 6 nitrogen and oxygen atoms in total. The number of amides is 1. The van der Waals surface area contributed by atoms with E-state index in [1.807, 2.05) is 0 Å². The Morgan fingerprint density at radius 3 is 1.13 bits per heavy atom. The molecule has 0 aromatic heterocycles. The molecule has 1 amide bonds. The van der Waals surface area contributed by atoms with Gasteiger partial charge in [0.2, 0.25) is 5.91 Å². The molecule has 69 heavy (non-hydrogen) atoms. The second-order valence-corrected chi connectivity index (χ2v) is 21.5. The Morgan fingerprint density at radius 2 is 0.739 bits per heavy atom. The molecular weight excluding hydrogens is 851 g/mol. The number of aliphatic hydroxyl groups excluding tert-OH is 2. The summed E-state index contributed by atoms with van der Waals surface area (Å²) in [6.45, 7) is 6.51. The average Bonchev–Trinajstić information content (AvgIpc) is 3.34. The molecule has 6 heteroatoms. The van der Waals surface area contributed by atoms with Crippen LogP contribution in [0.25, 0.3) is 0 Å². The Labute approximate surface area is 431 Å². The fourth-order valence-corrected chi connectivity index (χ4v) is 9.82. The van der Waals surface area contributed by atoms with E-state index >= 15 is 0 Å². The summed E-state index contributed by atoms with van der Waals surface area (Å²) in [5.41, 5.74) is 0. The molecular formula is C63H121NO5. The minimum atomic E-state index is -0.787. The summed E-state index contributed by atoms with van der Waals surface area (Å²) in [6.07, 6.45) is 68.2. The Kier molecular flexibility index (Phi) is 55.9. The Hall–Kier alpha value is -1.66. The lowest BCUT2D eigenvalue weighted by Gasteiger charge is -2.24. The van der Waals surface area contributed by atoms with E-state index in [9.17, 15) is 19.8 Å². The van der Waals surface area contributed by atoms with Gasteiger partial charge in [-0.15, -0.1) is 0 Å². The number of carbonyl (C=O) groups is 2. The zero-order valence-corrected chi connectivity index (χ0v) is 46.7. The van der Waals surface area contributed by atoms with Crippen LogP contribution in [-0.2, 0) is 14.3 Å². The number of hydrogen-bond acceptors (Lipinski definition) is 5. The van der Waals surface area contributed by atoms with Crippen molar-refractivity contribution in [3.63, 3.8) is 0 Å². The maximum absolute atomic E-state index is 13.3. The lowest BCUT2D eigenvalue weighted by Crippen LogP contribution is -2.46. The van der Waals surface area contributed by atoms with Crippen molar-refractivity contribution in [2.45, 2.75) is 360 Å².